The Bertz CT molecular complexity index is 959. The summed E-state index contributed by atoms with van der Waals surface area (Å²) in [6.07, 6.45) is 2.75. The molecular formula is C24H29NO2S2. The van der Waals surface area contributed by atoms with Gasteiger partial charge >= 0.3 is 6.09 Å². The topological polar surface area (TPSA) is 29.5 Å². The number of ether oxygens (including phenoxy) is 1. The van der Waals surface area contributed by atoms with Gasteiger partial charge in [-0.3, -0.25) is 0 Å². The lowest BCUT2D eigenvalue weighted by atomic mass is 10.1. The average molecular weight is 428 g/mol. The second kappa shape index (κ2) is 9.68. The monoisotopic (exact) mass is 427 g/mol. The fraction of sp³-hybridized carbons (Fsp3) is 0.375. The molecule has 0 aliphatic rings. The number of carbonyl (C=O) groups is 1. The number of aryl methyl sites for hydroxylation is 1. The summed E-state index contributed by atoms with van der Waals surface area (Å²) in [5.41, 5.74) is 0.917. The number of fused-ring (bicyclic) bond motifs is 1. The van der Waals surface area contributed by atoms with Gasteiger partial charge in [0.15, 0.2) is 0 Å². The number of thiophene rings is 1. The van der Waals surface area contributed by atoms with Crippen molar-refractivity contribution in [1.29, 1.82) is 0 Å². The first kappa shape index (κ1) is 21.7. The Morgan fingerprint density at radius 3 is 2.55 bits per heavy atom. The largest absolute Gasteiger partial charge is 0.444 e. The highest BCUT2D eigenvalue weighted by molar-refractivity contribution is 7.99. The fourth-order valence-electron chi connectivity index (χ4n) is 3.06. The molecule has 0 aliphatic carbocycles. The van der Waals surface area contributed by atoms with Gasteiger partial charge in [0.05, 0.1) is 0 Å². The zero-order valence-corrected chi connectivity index (χ0v) is 19.2. The van der Waals surface area contributed by atoms with E-state index in [0.29, 0.717) is 6.54 Å². The minimum atomic E-state index is -0.451. The third-order valence-corrected chi connectivity index (χ3v) is 6.82. The van der Waals surface area contributed by atoms with Crippen molar-refractivity contribution < 1.29 is 9.53 Å². The highest BCUT2D eigenvalue weighted by Crippen LogP contribution is 2.38. The predicted molar refractivity (Wildman–Crippen MR) is 124 cm³/mol. The van der Waals surface area contributed by atoms with Gasteiger partial charge in [0.25, 0.3) is 0 Å². The van der Waals surface area contributed by atoms with Crippen LogP contribution in [0.1, 0.15) is 39.2 Å². The van der Waals surface area contributed by atoms with Crippen LogP contribution in [0.2, 0.25) is 0 Å². The van der Waals surface area contributed by atoms with E-state index in [1.54, 1.807) is 23.3 Å². The van der Waals surface area contributed by atoms with E-state index in [-0.39, 0.29) is 6.09 Å². The first-order chi connectivity index (χ1) is 13.8. The smallest absolute Gasteiger partial charge is 0.410 e. The summed E-state index contributed by atoms with van der Waals surface area (Å²) in [6, 6.07) is 17.2. The van der Waals surface area contributed by atoms with Gasteiger partial charge in [-0.15, -0.1) is 11.3 Å². The van der Waals surface area contributed by atoms with Crippen molar-refractivity contribution in [3.63, 3.8) is 0 Å². The zero-order chi connectivity index (χ0) is 20.9. The van der Waals surface area contributed by atoms with Gasteiger partial charge in [0.1, 0.15) is 5.60 Å². The van der Waals surface area contributed by atoms with Gasteiger partial charge in [-0.1, -0.05) is 48.2 Å². The van der Waals surface area contributed by atoms with Crippen LogP contribution in [0.3, 0.4) is 0 Å². The van der Waals surface area contributed by atoms with Crippen LogP contribution in [0.4, 0.5) is 4.79 Å². The first-order valence-corrected chi connectivity index (χ1v) is 11.7. The van der Waals surface area contributed by atoms with Gasteiger partial charge in [-0.05, 0) is 57.7 Å². The molecule has 5 heteroatoms. The summed E-state index contributed by atoms with van der Waals surface area (Å²) in [4.78, 5) is 16.4. The van der Waals surface area contributed by atoms with Crippen molar-refractivity contribution in [3.05, 3.63) is 59.5 Å². The molecule has 1 heterocycles. The summed E-state index contributed by atoms with van der Waals surface area (Å²) in [5, 5.41) is 3.58. The van der Waals surface area contributed by atoms with Crippen LogP contribution in [-0.2, 0) is 11.2 Å². The van der Waals surface area contributed by atoms with Gasteiger partial charge in [0, 0.05) is 38.8 Å². The lowest BCUT2D eigenvalue weighted by molar-refractivity contribution is 0.0296. The minimum Gasteiger partial charge on any atom is -0.444 e. The number of carbonyl (C=O) groups excluding carboxylic acids is 1. The molecule has 0 radical (unpaired) electrons. The van der Waals surface area contributed by atoms with E-state index in [9.17, 15) is 4.79 Å². The molecular weight excluding hydrogens is 398 g/mol. The number of hydrogen-bond donors (Lipinski definition) is 0. The summed E-state index contributed by atoms with van der Waals surface area (Å²) < 4.78 is 6.74. The van der Waals surface area contributed by atoms with E-state index < -0.39 is 5.60 Å². The van der Waals surface area contributed by atoms with Crippen LogP contribution in [0, 0.1) is 0 Å². The van der Waals surface area contributed by atoms with Crippen molar-refractivity contribution in [3.8, 4) is 0 Å². The van der Waals surface area contributed by atoms with Crippen LogP contribution >= 0.6 is 23.1 Å². The molecule has 0 saturated carbocycles. The lowest BCUT2D eigenvalue weighted by Gasteiger charge is -2.24. The predicted octanol–water partition coefficient (Wildman–Crippen LogP) is 7.24. The first-order valence-electron chi connectivity index (χ1n) is 9.99. The van der Waals surface area contributed by atoms with E-state index in [1.165, 1.54) is 25.4 Å². The van der Waals surface area contributed by atoms with E-state index >= 15 is 0 Å². The van der Waals surface area contributed by atoms with Gasteiger partial charge in [0.2, 0.25) is 0 Å². The number of hydrogen-bond acceptors (Lipinski definition) is 4. The second-order valence-corrected chi connectivity index (χ2v) is 10.2. The van der Waals surface area contributed by atoms with Gasteiger partial charge in [-0.25, -0.2) is 4.79 Å². The summed E-state index contributed by atoms with van der Waals surface area (Å²) in [7, 11) is 1.81. The standard InChI is InChI=1S/C24H29NO2S2/c1-24(2,3)27-23(26)25(4)16-10-9-12-18-11-5-7-14-20(18)29-22-17-28-21-15-8-6-13-19(21)22/h5-8,11,13-15,17H,9-10,12,16H2,1-4H3. The molecule has 0 aliphatic heterocycles. The van der Waals surface area contributed by atoms with E-state index in [4.69, 9.17) is 4.74 Å². The quantitative estimate of drug-likeness (QED) is 0.372. The van der Waals surface area contributed by atoms with Crippen LogP contribution in [0.15, 0.2) is 63.7 Å². The van der Waals surface area contributed by atoms with E-state index in [2.05, 4.69) is 53.9 Å². The molecule has 3 nitrogen and oxygen atoms in total. The number of amides is 1. The molecule has 0 N–H and O–H groups in total. The van der Waals surface area contributed by atoms with Crippen LogP contribution in [-0.4, -0.2) is 30.2 Å². The molecule has 3 aromatic rings. The highest BCUT2D eigenvalue weighted by atomic mass is 32.2. The van der Waals surface area contributed by atoms with Crippen LogP contribution in [0.5, 0.6) is 0 Å². The minimum absolute atomic E-state index is 0.252. The number of nitrogens with zero attached hydrogens (tertiary/aromatic N) is 1. The average Bonchev–Trinajstić information content (AvgIpc) is 3.08. The Hall–Kier alpha value is -1.98. The maximum atomic E-state index is 12.1. The molecule has 3 rings (SSSR count). The van der Waals surface area contributed by atoms with Crippen molar-refractivity contribution in [2.45, 2.75) is 55.4 Å². The molecule has 1 amide bonds. The number of benzene rings is 2. The van der Waals surface area contributed by atoms with Crippen molar-refractivity contribution in [2.75, 3.05) is 13.6 Å². The Kier molecular flexibility index (Phi) is 7.25. The van der Waals surface area contributed by atoms with Gasteiger partial charge in [-0.2, -0.15) is 0 Å². The van der Waals surface area contributed by atoms with Crippen LogP contribution < -0.4 is 0 Å². The molecule has 0 bridgehead atoms. The molecule has 1 aromatic heterocycles. The molecule has 29 heavy (non-hydrogen) atoms. The maximum absolute atomic E-state index is 12.1. The molecule has 2 aromatic carbocycles. The van der Waals surface area contributed by atoms with E-state index in [0.717, 1.165) is 19.3 Å². The molecule has 154 valence electrons. The van der Waals surface area contributed by atoms with Crippen molar-refractivity contribution >= 4 is 39.3 Å². The van der Waals surface area contributed by atoms with Gasteiger partial charge < -0.3 is 9.64 Å². The zero-order valence-electron chi connectivity index (χ0n) is 17.6. The summed E-state index contributed by atoms with van der Waals surface area (Å²) in [6.45, 7) is 6.39. The Balaban J connectivity index is 1.55. The Morgan fingerprint density at radius 2 is 1.76 bits per heavy atom. The molecule has 0 spiro atoms. The van der Waals surface area contributed by atoms with Crippen molar-refractivity contribution in [1.82, 2.24) is 4.90 Å². The Labute approximate surface area is 182 Å². The third-order valence-electron chi connectivity index (χ3n) is 4.53. The molecule has 0 saturated heterocycles. The molecule has 0 fully saturated rings. The second-order valence-electron chi connectivity index (χ2n) is 8.16. The van der Waals surface area contributed by atoms with Crippen molar-refractivity contribution in [2.24, 2.45) is 0 Å². The lowest BCUT2D eigenvalue weighted by Crippen LogP contribution is -2.34. The fourth-order valence-corrected chi connectivity index (χ4v) is 5.25. The Morgan fingerprint density at radius 1 is 1.03 bits per heavy atom. The number of rotatable bonds is 7. The van der Waals surface area contributed by atoms with Crippen LogP contribution in [0.25, 0.3) is 10.1 Å². The highest BCUT2D eigenvalue weighted by Gasteiger charge is 2.19. The number of unbranched alkanes of at least 4 members (excludes halogenated alkanes) is 1. The summed E-state index contributed by atoms with van der Waals surface area (Å²) >= 11 is 3.65. The maximum Gasteiger partial charge on any atom is 0.410 e. The van der Waals surface area contributed by atoms with E-state index in [1.807, 2.05) is 32.5 Å². The third kappa shape index (κ3) is 6.25. The molecule has 0 atom stereocenters. The molecule has 0 unspecified atom stereocenters. The summed E-state index contributed by atoms with van der Waals surface area (Å²) in [5.74, 6) is 0. The SMILES string of the molecule is CN(CCCCc1ccccc1Sc1csc2ccccc12)C(=O)OC(C)(C)C. The normalized spacial score (nSPS) is 11.6.